The van der Waals surface area contributed by atoms with Crippen LogP contribution in [0, 0.1) is 0 Å². The second-order valence-electron chi connectivity index (χ2n) is 5.16. The third-order valence-corrected chi connectivity index (χ3v) is 3.94. The number of para-hydroxylation sites is 1. The molecule has 1 fully saturated rings. The summed E-state index contributed by atoms with van der Waals surface area (Å²) in [6.45, 7) is 4.81. The molecule has 1 atom stereocenters. The number of benzene rings is 1. The maximum Gasteiger partial charge on any atom is 0.0456 e. The van der Waals surface area contributed by atoms with E-state index >= 15 is 0 Å². The van der Waals surface area contributed by atoms with Crippen LogP contribution < -0.4 is 0 Å². The normalized spacial score (nSPS) is 21.4. The lowest BCUT2D eigenvalue weighted by atomic mass is 10.2. The van der Waals surface area contributed by atoms with Crippen molar-refractivity contribution in [1.82, 2.24) is 9.88 Å². The van der Waals surface area contributed by atoms with Crippen LogP contribution in [0.2, 0.25) is 0 Å². The van der Waals surface area contributed by atoms with E-state index in [4.69, 9.17) is 0 Å². The van der Waals surface area contributed by atoms with Gasteiger partial charge in [0.25, 0.3) is 0 Å². The molecule has 2 aromatic rings. The first-order valence-electron chi connectivity index (χ1n) is 6.63. The monoisotopic (exact) mass is 228 g/mol. The van der Waals surface area contributed by atoms with Crippen molar-refractivity contribution in [1.29, 1.82) is 0 Å². The highest BCUT2D eigenvalue weighted by atomic mass is 15.2. The Morgan fingerprint density at radius 1 is 1.35 bits per heavy atom. The number of aromatic amines is 1. The molecule has 0 amide bonds. The van der Waals surface area contributed by atoms with Gasteiger partial charge in [0.05, 0.1) is 0 Å². The standard InChI is InChI=1S/C15H20N2/c1-12-5-4-9-17(12)10-8-14-11-13-6-2-3-7-15(13)16-14/h2-3,6-7,11-12,16H,4-5,8-10H2,1H3/t12-/m0/s1. The molecule has 2 heterocycles. The first kappa shape index (κ1) is 10.8. The summed E-state index contributed by atoms with van der Waals surface area (Å²) in [5.74, 6) is 0. The molecule has 0 aliphatic carbocycles. The highest BCUT2D eigenvalue weighted by Crippen LogP contribution is 2.18. The average Bonchev–Trinajstić information content (AvgIpc) is 2.92. The van der Waals surface area contributed by atoms with Crippen molar-refractivity contribution in [2.75, 3.05) is 13.1 Å². The lowest BCUT2D eigenvalue weighted by Crippen LogP contribution is -2.29. The summed E-state index contributed by atoms with van der Waals surface area (Å²) in [4.78, 5) is 6.11. The molecule has 2 nitrogen and oxygen atoms in total. The molecule has 1 aliphatic heterocycles. The molecule has 1 aromatic heterocycles. The Balaban J connectivity index is 1.68. The van der Waals surface area contributed by atoms with Crippen LogP contribution in [0.1, 0.15) is 25.5 Å². The zero-order valence-corrected chi connectivity index (χ0v) is 10.4. The number of hydrogen-bond donors (Lipinski definition) is 1. The number of hydrogen-bond acceptors (Lipinski definition) is 1. The molecule has 1 aliphatic rings. The molecule has 1 aromatic carbocycles. The zero-order valence-electron chi connectivity index (χ0n) is 10.4. The minimum Gasteiger partial charge on any atom is -0.358 e. The van der Waals surface area contributed by atoms with E-state index in [-0.39, 0.29) is 0 Å². The molecule has 1 saturated heterocycles. The molecule has 17 heavy (non-hydrogen) atoms. The number of likely N-dealkylation sites (tertiary alicyclic amines) is 1. The molecule has 2 heteroatoms. The molecule has 1 N–H and O–H groups in total. The van der Waals surface area contributed by atoms with Crippen LogP contribution in [-0.2, 0) is 6.42 Å². The predicted molar refractivity (Wildman–Crippen MR) is 72.3 cm³/mol. The quantitative estimate of drug-likeness (QED) is 0.854. The third kappa shape index (κ3) is 2.22. The number of nitrogens with one attached hydrogen (secondary N) is 1. The van der Waals surface area contributed by atoms with E-state index in [1.165, 1.54) is 42.5 Å². The van der Waals surface area contributed by atoms with Crippen LogP contribution >= 0.6 is 0 Å². The van der Waals surface area contributed by atoms with E-state index < -0.39 is 0 Å². The van der Waals surface area contributed by atoms with Gasteiger partial charge in [-0.1, -0.05) is 18.2 Å². The van der Waals surface area contributed by atoms with Gasteiger partial charge in [0.2, 0.25) is 0 Å². The third-order valence-electron chi connectivity index (χ3n) is 3.94. The van der Waals surface area contributed by atoms with Crippen molar-refractivity contribution < 1.29 is 0 Å². The first-order valence-corrected chi connectivity index (χ1v) is 6.63. The maximum atomic E-state index is 3.51. The Morgan fingerprint density at radius 2 is 2.24 bits per heavy atom. The molecular weight excluding hydrogens is 208 g/mol. The lowest BCUT2D eigenvalue weighted by molar-refractivity contribution is 0.271. The van der Waals surface area contributed by atoms with Gasteiger partial charge in [-0.25, -0.2) is 0 Å². The summed E-state index contributed by atoms with van der Waals surface area (Å²) in [5.41, 5.74) is 2.63. The van der Waals surface area contributed by atoms with E-state index in [2.05, 4.69) is 47.1 Å². The topological polar surface area (TPSA) is 19.0 Å². The van der Waals surface area contributed by atoms with Crippen LogP contribution in [0.25, 0.3) is 10.9 Å². The fourth-order valence-electron chi connectivity index (χ4n) is 2.86. The van der Waals surface area contributed by atoms with Gasteiger partial charge in [0.15, 0.2) is 0 Å². The number of nitrogens with zero attached hydrogens (tertiary/aromatic N) is 1. The highest BCUT2D eigenvalue weighted by Gasteiger charge is 2.19. The molecule has 3 rings (SSSR count). The molecular formula is C15H20N2. The van der Waals surface area contributed by atoms with E-state index in [0.29, 0.717) is 0 Å². The van der Waals surface area contributed by atoms with Gasteiger partial charge in [0.1, 0.15) is 0 Å². The van der Waals surface area contributed by atoms with Crippen LogP contribution in [0.15, 0.2) is 30.3 Å². The SMILES string of the molecule is C[C@H]1CCCN1CCc1cc2ccccc2[nH]1. The Hall–Kier alpha value is -1.28. The predicted octanol–water partition coefficient (Wildman–Crippen LogP) is 3.19. The summed E-state index contributed by atoms with van der Waals surface area (Å²) < 4.78 is 0. The van der Waals surface area contributed by atoms with Crippen molar-refractivity contribution in [3.63, 3.8) is 0 Å². The van der Waals surface area contributed by atoms with Crippen LogP contribution in [0.3, 0.4) is 0 Å². The number of rotatable bonds is 3. The number of aromatic nitrogens is 1. The van der Waals surface area contributed by atoms with Gasteiger partial charge in [0, 0.05) is 30.2 Å². The Labute approximate surface area is 103 Å². The minimum atomic E-state index is 0.777. The molecule has 0 unspecified atom stereocenters. The van der Waals surface area contributed by atoms with Crippen molar-refractivity contribution in [3.8, 4) is 0 Å². The molecule has 90 valence electrons. The summed E-state index contributed by atoms with van der Waals surface area (Å²) in [6.07, 6.45) is 3.87. The van der Waals surface area contributed by atoms with Crippen molar-refractivity contribution in [2.24, 2.45) is 0 Å². The molecule has 0 radical (unpaired) electrons. The fourth-order valence-corrected chi connectivity index (χ4v) is 2.86. The van der Waals surface area contributed by atoms with E-state index in [0.717, 1.165) is 12.5 Å². The van der Waals surface area contributed by atoms with Crippen LogP contribution in [0.4, 0.5) is 0 Å². The van der Waals surface area contributed by atoms with Gasteiger partial charge < -0.3 is 9.88 Å². The number of H-pyrrole nitrogens is 1. The zero-order chi connectivity index (χ0) is 11.7. The van der Waals surface area contributed by atoms with Gasteiger partial charge in [-0.3, -0.25) is 0 Å². The molecule has 0 bridgehead atoms. The Morgan fingerprint density at radius 3 is 3.00 bits per heavy atom. The van der Waals surface area contributed by atoms with Crippen LogP contribution in [-0.4, -0.2) is 29.0 Å². The second-order valence-corrected chi connectivity index (χ2v) is 5.16. The van der Waals surface area contributed by atoms with E-state index in [1.807, 2.05) is 0 Å². The molecule has 0 spiro atoms. The fraction of sp³-hybridized carbons (Fsp3) is 0.467. The minimum absolute atomic E-state index is 0.777. The largest absolute Gasteiger partial charge is 0.358 e. The van der Waals surface area contributed by atoms with Gasteiger partial charge in [-0.05, 0) is 43.8 Å². The Kier molecular flexibility index (Phi) is 2.89. The second kappa shape index (κ2) is 4.53. The summed E-state index contributed by atoms with van der Waals surface area (Å²) in [7, 11) is 0. The smallest absolute Gasteiger partial charge is 0.0456 e. The van der Waals surface area contributed by atoms with E-state index in [1.54, 1.807) is 0 Å². The summed E-state index contributed by atoms with van der Waals surface area (Å²) >= 11 is 0. The highest BCUT2D eigenvalue weighted by molar-refractivity contribution is 5.80. The lowest BCUT2D eigenvalue weighted by Gasteiger charge is -2.20. The van der Waals surface area contributed by atoms with Crippen LogP contribution in [0.5, 0.6) is 0 Å². The van der Waals surface area contributed by atoms with Crippen molar-refractivity contribution >= 4 is 10.9 Å². The number of fused-ring (bicyclic) bond motifs is 1. The average molecular weight is 228 g/mol. The van der Waals surface area contributed by atoms with Gasteiger partial charge in [-0.2, -0.15) is 0 Å². The van der Waals surface area contributed by atoms with Crippen molar-refractivity contribution in [3.05, 3.63) is 36.0 Å². The van der Waals surface area contributed by atoms with E-state index in [9.17, 15) is 0 Å². The molecule has 0 saturated carbocycles. The van der Waals surface area contributed by atoms with Gasteiger partial charge >= 0.3 is 0 Å². The maximum absolute atomic E-state index is 3.51. The van der Waals surface area contributed by atoms with Gasteiger partial charge in [-0.15, -0.1) is 0 Å². The van der Waals surface area contributed by atoms with Crippen molar-refractivity contribution in [2.45, 2.75) is 32.2 Å². The summed E-state index contributed by atoms with van der Waals surface area (Å²) in [6, 6.07) is 11.6. The first-order chi connectivity index (χ1) is 8.33. The Bertz CT molecular complexity index is 467. The summed E-state index contributed by atoms with van der Waals surface area (Å²) in [5, 5.41) is 1.33.